The van der Waals surface area contributed by atoms with E-state index >= 15 is 0 Å². The number of halogens is 3. The minimum absolute atomic E-state index is 0.142. The highest BCUT2D eigenvalue weighted by atomic mass is 32.2. The van der Waals surface area contributed by atoms with Crippen LogP contribution in [-0.4, -0.2) is 49.1 Å². The third-order valence-corrected chi connectivity index (χ3v) is 8.36. The molecule has 0 atom stereocenters. The van der Waals surface area contributed by atoms with E-state index in [1.54, 1.807) is 17.0 Å². The van der Waals surface area contributed by atoms with Crippen molar-refractivity contribution in [3.05, 3.63) is 64.4 Å². The first-order valence-electron chi connectivity index (χ1n) is 9.23. The van der Waals surface area contributed by atoms with Crippen molar-refractivity contribution in [3.63, 3.8) is 0 Å². The highest BCUT2D eigenvalue weighted by Crippen LogP contribution is 2.33. The van der Waals surface area contributed by atoms with Crippen molar-refractivity contribution in [1.29, 1.82) is 0 Å². The Balaban J connectivity index is 1.47. The van der Waals surface area contributed by atoms with Crippen LogP contribution in [0.1, 0.15) is 5.56 Å². The molecule has 0 aliphatic carbocycles. The Morgan fingerprint density at radius 3 is 2.39 bits per heavy atom. The summed E-state index contributed by atoms with van der Waals surface area (Å²) in [6.45, 7) is 0.867. The molecule has 0 spiro atoms. The van der Waals surface area contributed by atoms with Crippen molar-refractivity contribution in [2.75, 3.05) is 31.1 Å². The van der Waals surface area contributed by atoms with Crippen molar-refractivity contribution in [1.82, 2.24) is 14.5 Å². The van der Waals surface area contributed by atoms with Gasteiger partial charge in [0, 0.05) is 37.9 Å². The Morgan fingerprint density at radius 2 is 1.74 bits per heavy atom. The molecule has 0 amide bonds. The molecule has 0 unspecified atom stereocenters. The molecule has 1 saturated heterocycles. The predicted molar refractivity (Wildman–Crippen MR) is 111 cm³/mol. The number of nitrogens with zero attached hydrogens (tertiary/aromatic N) is 3. The van der Waals surface area contributed by atoms with Gasteiger partial charge < -0.3 is 4.90 Å². The normalized spacial score (nSPS) is 15.9. The number of hydrogen-bond acceptors (Lipinski definition) is 6. The van der Waals surface area contributed by atoms with Crippen LogP contribution in [0.3, 0.4) is 0 Å². The van der Waals surface area contributed by atoms with Crippen molar-refractivity contribution >= 4 is 27.0 Å². The van der Waals surface area contributed by atoms with Gasteiger partial charge in [-0.3, -0.25) is 4.79 Å². The molecular weight excluding hydrogens is 453 g/mol. The molecule has 0 radical (unpaired) electrons. The molecule has 1 N–H and O–H groups in total. The number of rotatable bonds is 4. The van der Waals surface area contributed by atoms with Gasteiger partial charge in [-0.1, -0.05) is 6.07 Å². The fourth-order valence-corrected chi connectivity index (χ4v) is 6.12. The third-order valence-electron chi connectivity index (χ3n) is 4.88. The quantitative estimate of drug-likeness (QED) is 0.634. The first-order chi connectivity index (χ1) is 14.6. The molecular formula is C19H17F3N4O3S2. The van der Waals surface area contributed by atoms with Crippen molar-refractivity contribution in [2.24, 2.45) is 0 Å². The van der Waals surface area contributed by atoms with Gasteiger partial charge in [-0.05, 0) is 36.4 Å². The molecule has 1 fully saturated rings. The number of thiophene rings is 1. The monoisotopic (exact) mass is 470 g/mol. The summed E-state index contributed by atoms with van der Waals surface area (Å²) in [5.41, 5.74) is -0.219. The lowest BCUT2D eigenvalue weighted by molar-refractivity contribution is -0.137. The summed E-state index contributed by atoms with van der Waals surface area (Å²) >= 11 is 1.04. The Labute approximate surface area is 179 Å². The van der Waals surface area contributed by atoms with E-state index in [2.05, 4.69) is 10.2 Å². The second kappa shape index (κ2) is 8.09. The third kappa shape index (κ3) is 4.50. The van der Waals surface area contributed by atoms with Gasteiger partial charge in [0.05, 0.1) is 10.4 Å². The molecule has 0 bridgehead atoms. The maximum atomic E-state index is 13.0. The van der Waals surface area contributed by atoms with Gasteiger partial charge in [-0.2, -0.15) is 22.6 Å². The number of piperazine rings is 1. The molecule has 164 valence electrons. The van der Waals surface area contributed by atoms with Crippen LogP contribution in [-0.2, 0) is 16.2 Å². The number of hydrogen-bond donors (Lipinski definition) is 1. The summed E-state index contributed by atoms with van der Waals surface area (Å²) < 4.78 is 66.4. The fourth-order valence-electron chi connectivity index (χ4n) is 3.27. The molecule has 1 aliphatic rings. The highest BCUT2D eigenvalue weighted by Gasteiger charge is 2.33. The molecule has 7 nitrogen and oxygen atoms in total. The van der Waals surface area contributed by atoms with E-state index in [0.717, 1.165) is 23.5 Å². The zero-order valence-corrected chi connectivity index (χ0v) is 17.6. The summed E-state index contributed by atoms with van der Waals surface area (Å²) in [4.78, 5) is 13.5. The van der Waals surface area contributed by atoms with E-state index in [9.17, 15) is 26.4 Å². The molecule has 2 aromatic heterocycles. The SMILES string of the molecule is O=c1ccc(-c2ccc(S(=O)(=O)N3CCN(c4cccc(C(F)(F)F)c4)CC3)s2)n[nH]1. The number of sulfonamides is 1. The number of aromatic amines is 1. The van der Waals surface area contributed by atoms with E-state index in [0.29, 0.717) is 16.3 Å². The molecule has 31 heavy (non-hydrogen) atoms. The van der Waals surface area contributed by atoms with Crippen LogP contribution in [0.4, 0.5) is 18.9 Å². The van der Waals surface area contributed by atoms with Gasteiger partial charge in [-0.15, -0.1) is 11.3 Å². The number of benzene rings is 1. The number of aromatic nitrogens is 2. The van der Waals surface area contributed by atoms with Crippen LogP contribution in [0.15, 0.2) is 57.5 Å². The molecule has 1 aromatic carbocycles. The van der Waals surface area contributed by atoms with Gasteiger partial charge in [0.15, 0.2) is 0 Å². The largest absolute Gasteiger partial charge is 0.416 e. The van der Waals surface area contributed by atoms with Gasteiger partial charge >= 0.3 is 6.18 Å². The van der Waals surface area contributed by atoms with Crippen LogP contribution in [0, 0.1) is 0 Å². The summed E-state index contributed by atoms with van der Waals surface area (Å²) in [5.74, 6) is 0. The first-order valence-corrected chi connectivity index (χ1v) is 11.5. The smallest absolute Gasteiger partial charge is 0.369 e. The Morgan fingerprint density at radius 1 is 1.00 bits per heavy atom. The number of nitrogens with one attached hydrogen (secondary N) is 1. The van der Waals surface area contributed by atoms with E-state index < -0.39 is 21.8 Å². The Kier molecular flexibility index (Phi) is 5.62. The Bertz CT molecular complexity index is 1230. The van der Waals surface area contributed by atoms with E-state index in [-0.39, 0.29) is 35.9 Å². The van der Waals surface area contributed by atoms with Gasteiger partial charge in [0.1, 0.15) is 9.90 Å². The lowest BCUT2D eigenvalue weighted by Crippen LogP contribution is -2.48. The molecule has 3 aromatic rings. The average Bonchev–Trinajstić information content (AvgIpc) is 3.25. The number of alkyl halides is 3. The minimum Gasteiger partial charge on any atom is -0.369 e. The number of anilines is 1. The molecule has 1 aliphatic heterocycles. The number of H-pyrrole nitrogens is 1. The summed E-state index contributed by atoms with van der Waals surface area (Å²) in [6.07, 6.45) is -4.43. The summed E-state index contributed by atoms with van der Waals surface area (Å²) in [7, 11) is -3.75. The zero-order valence-electron chi connectivity index (χ0n) is 16.0. The zero-order chi connectivity index (χ0) is 22.2. The second-order valence-corrected chi connectivity index (χ2v) is 10.1. The fraction of sp³-hybridized carbons (Fsp3) is 0.263. The van der Waals surface area contributed by atoms with E-state index in [1.807, 2.05) is 0 Å². The van der Waals surface area contributed by atoms with E-state index in [1.165, 1.54) is 28.6 Å². The minimum atomic E-state index is -4.43. The lowest BCUT2D eigenvalue weighted by atomic mass is 10.1. The van der Waals surface area contributed by atoms with E-state index in [4.69, 9.17) is 0 Å². The molecule has 12 heteroatoms. The van der Waals surface area contributed by atoms with Gasteiger partial charge in [0.25, 0.3) is 15.6 Å². The average molecular weight is 470 g/mol. The summed E-state index contributed by atoms with van der Waals surface area (Å²) in [6, 6.07) is 10.9. The van der Waals surface area contributed by atoms with Gasteiger partial charge in [0.2, 0.25) is 0 Å². The standard InChI is InChI=1S/C19H17F3N4O3S2/c20-19(21,22)13-2-1-3-14(12-13)25-8-10-26(11-9-25)31(28,29)18-7-5-16(30-18)15-4-6-17(27)24-23-15/h1-7,12H,8-11H2,(H,24,27). The van der Waals surface area contributed by atoms with Gasteiger partial charge in [-0.25, -0.2) is 13.5 Å². The van der Waals surface area contributed by atoms with Crippen molar-refractivity contribution in [3.8, 4) is 10.6 Å². The predicted octanol–water partition coefficient (Wildman–Crippen LogP) is 3.03. The second-order valence-electron chi connectivity index (χ2n) is 6.86. The topological polar surface area (TPSA) is 86.4 Å². The Hall–Kier alpha value is -2.70. The summed E-state index contributed by atoms with van der Waals surface area (Å²) in [5, 5.41) is 6.21. The molecule has 4 rings (SSSR count). The van der Waals surface area contributed by atoms with Crippen molar-refractivity contribution < 1.29 is 21.6 Å². The van der Waals surface area contributed by atoms with Crippen LogP contribution >= 0.6 is 11.3 Å². The van der Waals surface area contributed by atoms with Crippen LogP contribution < -0.4 is 10.5 Å². The maximum Gasteiger partial charge on any atom is 0.416 e. The van der Waals surface area contributed by atoms with Crippen LogP contribution in [0.5, 0.6) is 0 Å². The van der Waals surface area contributed by atoms with Crippen LogP contribution in [0.25, 0.3) is 10.6 Å². The highest BCUT2D eigenvalue weighted by molar-refractivity contribution is 7.91. The molecule has 3 heterocycles. The van der Waals surface area contributed by atoms with Crippen molar-refractivity contribution in [2.45, 2.75) is 10.4 Å². The lowest BCUT2D eigenvalue weighted by Gasteiger charge is -2.35. The first kappa shape index (κ1) is 21.5. The maximum absolute atomic E-state index is 13.0. The molecule has 0 saturated carbocycles. The van der Waals surface area contributed by atoms with Crippen LogP contribution in [0.2, 0.25) is 0 Å².